The van der Waals surface area contributed by atoms with E-state index in [2.05, 4.69) is 97.1 Å². The molecule has 0 radical (unpaired) electrons. The van der Waals surface area contributed by atoms with Crippen molar-refractivity contribution in [1.29, 1.82) is 0 Å². The first kappa shape index (κ1) is 37.1. The summed E-state index contributed by atoms with van der Waals surface area (Å²) >= 11 is -6.84. The molecule has 0 aliphatic heterocycles. The van der Waals surface area contributed by atoms with Gasteiger partial charge in [-0.25, -0.2) is 0 Å². The Bertz CT molecular complexity index is 2130. The fraction of sp³-hybridized carbons (Fsp3) is 0.0769. The van der Waals surface area contributed by atoms with Crippen LogP contribution in [-0.4, -0.2) is 0 Å². The van der Waals surface area contributed by atoms with Gasteiger partial charge in [0, 0.05) is 0 Å². The van der Waals surface area contributed by atoms with Crippen LogP contribution in [0.2, 0.25) is 0 Å². The average molecular weight is 765 g/mol. The van der Waals surface area contributed by atoms with E-state index in [9.17, 15) is 0 Å². The second kappa shape index (κ2) is 16.9. The molecule has 8 aromatic carbocycles. The number of hydrogen-bond donors (Lipinski definition) is 0. The second-order valence-electron chi connectivity index (χ2n) is 14.3. The van der Waals surface area contributed by atoms with E-state index in [1.54, 1.807) is 0 Å². The summed E-state index contributed by atoms with van der Waals surface area (Å²) in [5, 5.41) is 0. The topological polar surface area (TPSA) is 35.5 Å². The van der Waals surface area contributed by atoms with Gasteiger partial charge in [0.15, 0.2) is 0 Å². The van der Waals surface area contributed by atoms with E-state index in [4.69, 9.17) is 6.64 Å². The zero-order chi connectivity index (χ0) is 38.1. The molecule has 0 atom stereocenters. The van der Waals surface area contributed by atoms with Crippen LogP contribution in [0.4, 0.5) is 0 Å². The molecule has 8 aromatic rings. The van der Waals surface area contributed by atoms with Crippen LogP contribution in [0.25, 0.3) is 0 Å². The van der Waals surface area contributed by atoms with Gasteiger partial charge in [-0.3, -0.25) is 0 Å². The van der Waals surface area contributed by atoms with Gasteiger partial charge in [-0.15, -0.1) is 0 Å². The summed E-state index contributed by atoms with van der Waals surface area (Å²) in [6.45, 7) is 0. The second-order valence-corrected chi connectivity index (χ2v) is 20.3. The van der Waals surface area contributed by atoms with Crippen molar-refractivity contribution in [3.63, 3.8) is 0 Å². The molecule has 3 nitrogen and oxygen atoms in total. The Morgan fingerprint density at radius 3 is 0.589 bits per heavy atom. The van der Waals surface area contributed by atoms with Gasteiger partial charge in [-0.05, 0) is 0 Å². The molecule has 0 N–H and O–H groups in total. The molecule has 274 valence electrons. The summed E-state index contributed by atoms with van der Waals surface area (Å²) in [4.78, 5) is 0. The van der Waals surface area contributed by atoms with Crippen LogP contribution >= 0.6 is 0 Å². The molecule has 8 rings (SSSR count). The third kappa shape index (κ3) is 7.68. The molecule has 0 unspecified atom stereocenters. The number of hydrogen-bond acceptors (Lipinski definition) is 3. The first-order chi connectivity index (χ1) is 27.6. The third-order valence-electron chi connectivity index (χ3n) is 10.7. The molecule has 0 saturated carbocycles. The van der Waals surface area contributed by atoms with Gasteiger partial charge in [0.25, 0.3) is 0 Å². The Hall–Kier alpha value is -5.81. The maximum atomic E-state index is 18.9. The van der Waals surface area contributed by atoms with Crippen LogP contribution in [0.15, 0.2) is 243 Å². The Kier molecular flexibility index (Phi) is 11.2. The number of rotatable bonds is 14. The molecule has 0 aliphatic carbocycles. The predicted molar refractivity (Wildman–Crippen MR) is 222 cm³/mol. The van der Waals surface area contributed by atoms with Gasteiger partial charge >= 0.3 is 334 Å². The molecule has 0 amide bonds. The number of benzene rings is 8. The molecule has 0 spiro atoms. The normalized spacial score (nSPS) is 12.0. The van der Waals surface area contributed by atoms with Gasteiger partial charge in [-0.2, -0.15) is 0 Å². The Morgan fingerprint density at radius 2 is 0.411 bits per heavy atom. The van der Waals surface area contributed by atoms with Crippen LogP contribution in [0.5, 0.6) is 0 Å². The van der Waals surface area contributed by atoms with Crippen LogP contribution in [0.3, 0.4) is 0 Å². The van der Waals surface area contributed by atoms with E-state index in [0.29, 0.717) is 0 Å². The van der Waals surface area contributed by atoms with Crippen molar-refractivity contribution in [2.75, 3.05) is 0 Å². The van der Waals surface area contributed by atoms with E-state index in [1.165, 1.54) is 0 Å². The van der Waals surface area contributed by atoms with Crippen LogP contribution in [0, 0.1) is 0 Å². The quantitative estimate of drug-likeness (QED) is 0.103. The monoisotopic (exact) mass is 764 g/mol. The van der Waals surface area contributed by atoms with E-state index >= 15 is 3.32 Å². The van der Waals surface area contributed by atoms with Crippen molar-refractivity contribution in [2.45, 2.75) is 20.7 Å². The van der Waals surface area contributed by atoms with Gasteiger partial charge < -0.3 is 0 Å². The van der Waals surface area contributed by atoms with Crippen molar-refractivity contribution in [2.24, 2.45) is 0 Å². The van der Waals surface area contributed by atoms with Crippen molar-refractivity contribution < 1.29 is 26.0 Å². The van der Waals surface area contributed by atoms with Crippen LogP contribution in [0.1, 0.15) is 65.2 Å². The van der Waals surface area contributed by atoms with Crippen LogP contribution in [-0.2, 0) is 26.0 Å². The predicted octanol–water partition coefficient (Wildman–Crippen LogP) is 13.0. The van der Waals surface area contributed by atoms with Crippen molar-refractivity contribution >= 4 is 0 Å². The first-order valence-corrected chi connectivity index (χ1v) is 23.0. The summed E-state index contributed by atoms with van der Waals surface area (Å²) in [5.41, 5.74) is 6.91. The zero-order valence-corrected chi connectivity index (χ0v) is 32.7. The Balaban J connectivity index is 1.56. The molecule has 4 heteroatoms. The summed E-state index contributed by atoms with van der Waals surface area (Å²) in [6, 6.07) is 81.2. The molecular formula is C52H44O3Ti. The molecule has 0 fully saturated rings. The van der Waals surface area contributed by atoms with Gasteiger partial charge in [0.05, 0.1) is 0 Å². The van der Waals surface area contributed by atoms with Gasteiger partial charge in [0.1, 0.15) is 0 Å². The van der Waals surface area contributed by atoms with E-state index in [-0.39, 0.29) is 0 Å². The molecule has 0 aromatic heterocycles. The Morgan fingerprint density at radius 1 is 0.250 bits per heavy atom. The fourth-order valence-electron chi connectivity index (χ4n) is 8.27. The van der Waals surface area contributed by atoms with Crippen molar-refractivity contribution in [3.05, 3.63) is 287 Å². The molecule has 0 bridgehead atoms. The van der Waals surface area contributed by atoms with Crippen molar-refractivity contribution in [3.8, 4) is 0 Å². The van der Waals surface area contributed by atoms with Crippen LogP contribution < -0.4 is 0 Å². The maximum absolute atomic E-state index is 18.9. The third-order valence-corrected chi connectivity index (χ3v) is 18.2. The molecular weight excluding hydrogens is 720 g/mol. The first-order valence-electron chi connectivity index (χ1n) is 19.3. The summed E-state index contributed by atoms with van der Waals surface area (Å²) < 4.78 is 33.3. The minimum atomic E-state index is -6.84. The molecule has 56 heavy (non-hydrogen) atoms. The zero-order valence-electron chi connectivity index (χ0n) is 31.1. The molecule has 0 heterocycles. The molecule has 0 aliphatic rings. The standard InChI is InChI=1S/2C13H11O.2C13H11.O.Ti/c2*14-13(11-7-3-1-4-8-11)12-9-5-2-6-10-12;2*1-3-7-12(8-4-1)11-13-9-5-2-6-10-13;;/h2*1-10,13H;2*1-11H;;/q2*-1;;;;+2. The summed E-state index contributed by atoms with van der Waals surface area (Å²) in [5.74, 6) is 0. The Labute approximate surface area is 332 Å². The van der Waals surface area contributed by atoms with Crippen molar-refractivity contribution in [1.82, 2.24) is 0 Å². The van der Waals surface area contributed by atoms with E-state index in [0.717, 1.165) is 44.5 Å². The van der Waals surface area contributed by atoms with E-state index < -0.39 is 36.7 Å². The molecule has 0 saturated heterocycles. The summed E-state index contributed by atoms with van der Waals surface area (Å²) in [7, 11) is 0. The minimum absolute atomic E-state index is 0.760. The SMILES string of the molecule is [O]=[Ti]([O]C(c1ccccc1)c1ccccc1)([O]C(c1ccccc1)c1ccccc1)([CH](c1ccccc1)c1ccccc1)[CH](c1ccccc1)c1ccccc1. The fourth-order valence-corrected chi connectivity index (χ4v) is 17.0. The van der Waals surface area contributed by atoms with E-state index in [1.807, 2.05) is 146 Å². The average Bonchev–Trinajstić information content (AvgIpc) is 3.28. The van der Waals surface area contributed by atoms with Gasteiger partial charge in [0.2, 0.25) is 0 Å². The van der Waals surface area contributed by atoms with Gasteiger partial charge in [-0.1, -0.05) is 0 Å². The summed E-state index contributed by atoms with van der Waals surface area (Å²) in [6.07, 6.45) is -1.52.